The number of para-hydroxylation sites is 1. The zero-order valence-corrected chi connectivity index (χ0v) is 11.5. The average Bonchev–Trinajstić information content (AvgIpc) is 2.52. The minimum Gasteiger partial charge on any atom is -0.492 e. The van der Waals surface area contributed by atoms with E-state index in [1.165, 1.54) is 6.07 Å². The maximum atomic E-state index is 13.3. The number of hydrogen-bond donors (Lipinski definition) is 2. The molecule has 2 aromatic rings. The number of hydrogen-bond acceptors (Lipinski definition) is 2. The lowest BCUT2D eigenvalue weighted by atomic mass is 10.2. The minimum absolute atomic E-state index is 0.151. The average molecular weight is 288 g/mol. The van der Waals surface area contributed by atoms with Crippen LogP contribution in [-0.4, -0.2) is 19.2 Å². The third-order valence-corrected chi connectivity index (χ3v) is 2.80. The molecule has 0 aromatic heterocycles. The van der Waals surface area contributed by atoms with Crippen LogP contribution in [0.3, 0.4) is 0 Å². The highest BCUT2D eigenvalue weighted by Gasteiger charge is 2.03. The van der Waals surface area contributed by atoms with Gasteiger partial charge < -0.3 is 15.4 Å². The molecule has 0 atom stereocenters. The lowest BCUT2D eigenvalue weighted by molar-refractivity contribution is 0.236. The first kappa shape index (κ1) is 14.8. The van der Waals surface area contributed by atoms with Crippen molar-refractivity contribution in [3.63, 3.8) is 0 Å². The van der Waals surface area contributed by atoms with Crippen LogP contribution >= 0.6 is 0 Å². The van der Waals surface area contributed by atoms with Gasteiger partial charge in [0.25, 0.3) is 0 Å². The summed E-state index contributed by atoms with van der Waals surface area (Å²) in [6.07, 6.45) is 0. The summed E-state index contributed by atoms with van der Waals surface area (Å²) < 4.78 is 18.8. The van der Waals surface area contributed by atoms with E-state index in [0.29, 0.717) is 18.7 Å². The standard InChI is InChI=1S/C16H17FN2O2/c17-15-9-5-4-6-13(15)12-19-16(20)18-10-11-21-14-7-2-1-3-8-14/h1-9H,10-12H2,(H2,18,19,20). The molecule has 2 aromatic carbocycles. The van der Waals surface area contributed by atoms with Gasteiger partial charge in [0.1, 0.15) is 18.2 Å². The molecule has 2 amide bonds. The fraction of sp³-hybridized carbons (Fsp3) is 0.188. The lowest BCUT2D eigenvalue weighted by Crippen LogP contribution is -2.37. The highest BCUT2D eigenvalue weighted by molar-refractivity contribution is 5.73. The number of carbonyl (C=O) groups is 1. The third-order valence-electron chi connectivity index (χ3n) is 2.80. The molecule has 0 unspecified atom stereocenters. The quantitative estimate of drug-likeness (QED) is 0.803. The van der Waals surface area contributed by atoms with Gasteiger partial charge in [0, 0.05) is 12.1 Å². The largest absolute Gasteiger partial charge is 0.492 e. The molecule has 0 fully saturated rings. The Bertz CT molecular complexity index is 575. The molecule has 0 bridgehead atoms. The molecule has 110 valence electrons. The van der Waals surface area contributed by atoms with Crippen LogP contribution in [-0.2, 0) is 6.54 Å². The molecule has 0 saturated heterocycles. The van der Waals surface area contributed by atoms with Crippen LogP contribution in [0.5, 0.6) is 5.75 Å². The molecule has 4 nitrogen and oxygen atoms in total. The summed E-state index contributed by atoms with van der Waals surface area (Å²) in [6.45, 7) is 0.896. The number of urea groups is 1. The van der Waals surface area contributed by atoms with Gasteiger partial charge in [-0.2, -0.15) is 0 Å². The Balaban J connectivity index is 1.63. The van der Waals surface area contributed by atoms with E-state index < -0.39 is 0 Å². The highest BCUT2D eigenvalue weighted by atomic mass is 19.1. The second kappa shape index (κ2) is 7.89. The minimum atomic E-state index is -0.352. The molecule has 0 saturated carbocycles. The van der Waals surface area contributed by atoms with Crippen LogP contribution in [0.4, 0.5) is 9.18 Å². The van der Waals surface area contributed by atoms with Gasteiger partial charge in [-0.05, 0) is 18.2 Å². The van der Waals surface area contributed by atoms with Gasteiger partial charge in [-0.25, -0.2) is 9.18 Å². The molecule has 2 N–H and O–H groups in total. The molecular weight excluding hydrogens is 271 g/mol. The Kier molecular flexibility index (Phi) is 5.58. The summed E-state index contributed by atoms with van der Waals surface area (Å²) in [5.41, 5.74) is 0.452. The van der Waals surface area contributed by atoms with Gasteiger partial charge in [0.15, 0.2) is 0 Å². The molecule has 0 aliphatic carbocycles. The first-order valence-corrected chi connectivity index (χ1v) is 6.68. The normalized spacial score (nSPS) is 9.95. The summed E-state index contributed by atoms with van der Waals surface area (Å²) in [7, 11) is 0. The van der Waals surface area contributed by atoms with Crippen LogP contribution in [0.1, 0.15) is 5.56 Å². The highest BCUT2D eigenvalue weighted by Crippen LogP contribution is 2.07. The van der Waals surface area contributed by atoms with Crippen LogP contribution in [0.15, 0.2) is 54.6 Å². The van der Waals surface area contributed by atoms with Crippen molar-refractivity contribution >= 4 is 6.03 Å². The molecule has 0 radical (unpaired) electrons. The third kappa shape index (κ3) is 5.14. The number of benzene rings is 2. The van der Waals surface area contributed by atoms with Gasteiger partial charge >= 0.3 is 6.03 Å². The van der Waals surface area contributed by atoms with Crippen molar-refractivity contribution in [1.82, 2.24) is 10.6 Å². The van der Waals surface area contributed by atoms with Gasteiger partial charge in [0.2, 0.25) is 0 Å². The van der Waals surface area contributed by atoms with E-state index in [2.05, 4.69) is 10.6 Å². The smallest absolute Gasteiger partial charge is 0.315 e. The molecule has 0 heterocycles. The molecular formula is C16H17FN2O2. The van der Waals surface area contributed by atoms with E-state index >= 15 is 0 Å². The summed E-state index contributed by atoms with van der Waals surface area (Å²) in [4.78, 5) is 11.5. The van der Waals surface area contributed by atoms with E-state index in [9.17, 15) is 9.18 Å². The van der Waals surface area contributed by atoms with Crippen molar-refractivity contribution in [3.05, 3.63) is 66.0 Å². The predicted octanol–water partition coefficient (Wildman–Crippen LogP) is 2.70. The predicted molar refractivity (Wildman–Crippen MR) is 78.6 cm³/mol. The number of amides is 2. The molecule has 2 rings (SSSR count). The Morgan fingerprint density at radius 2 is 1.71 bits per heavy atom. The lowest BCUT2D eigenvalue weighted by Gasteiger charge is -2.09. The fourth-order valence-corrected chi connectivity index (χ4v) is 1.73. The first-order valence-electron chi connectivity index (χ1n) is 6.68. The van der Waals surface area contributed by atoms with Crippen LogP contribution in [0, 0.1) is 5.82 Å². The van der Waals surface area contributed by atoms with Gasteiger partial charge in [-0.3, -0.25) is 0 Å². The van der Waals surface area contributed by atoms with Crippen molar-refractivity contribution in [2.45, 2.75) is 6.54 Å². The second-order valence-electron chi connectivity index (χ2n) is 4.36. The molecule has 5 heteroatoms. The van der Waals surface area contributed by atoms with Crippen molar-refractivity contribution in [3.8, 4) is 5.75 Å². The van der Waals surface area contributed by atoms with Gasteiger partial charge in [0.05, 0.1) is 6.54 Å². The fourth-order valence-electron chi connectivity index (χ4n) is 1.73. The van der Waals surface area contributed by atoms with Crippen molar-refractivity contribution in [1.29, 1.82) is 0 Å². The Labute approximate surface area is 122 Å². The Morgan fingerprint density at radius 3 is 2.48 bits per heavy atom. The van der Waals surface area contributed by atoms with Gasteiger partial charge in [-0.1, -0.05) is 36.4 Å². The monoisotopic (exact) mass is 288 g/mol. The zero-order valence-electron chi connectivity index (χ0n) is 11.5. The molecule has 0 aliphatic rings. The number of carbonyl (C=O) groups excluding carboxylic acids is 1. The van der Waals surface area contributed by atoms with Crippen molar-refractivity contribution in [2.24, 2.45) is 0 Å². The number of ether oxygens (including phenoxy) is 1. The van der Waals surface area contributed by atoms with Crippen molar-refractivity contribution < 1.29 is 13.9 Å². The number of halogens is 1. The zero-order chi connectivity index (χ0) is 14.9. The Hall–Kier alpha value is -2.56. The topological polar surface area (TPSA) is 50.4 Å². The van der Waals surface area contributed by atoms with E-state index in [0.717, 1.165) is 5.75 Å². The summed E-state index contributed by atoms with van der Waals surface area (Å²) in [5, 5.41) is 5.24. The molecule has 0 aliphatic heterocycles. The summed E-state index contributed by atoms with van der Waals surface area (Å²) in [6, 6.07) is 15.3. The van der Waals surface area contributed by atoms with E-state index in [1.54, 1.807) is 18.2 Å². The van der Waals surface area contributed by atoms with Crippen LogP contribution < -0.4 is 15.4 Å². The van der Waals surface area contributed by atoms with Crippen molar-refractivity contribution in [2.75, 3.05) is 13.2 Å². The van der Waals surface area contributed by atoms with E-state index in [1.807, 2.05) is 30.3 Å². The first-order chi connectivity index (χ1) is 10.3. The van der Waals surface area contributed by atoms with Gasteiger partial charge in [-0.15, -0.1) is 0 Å². The SMILES string of the molecule is O=C(NCCOc1ccccc1)NCc1ccccc1F. The van der Waals surface area contributed by atoms with E-state index in [4.69, 9.17) is 4.74 Å². The summed E-state index contributed by atoms with van der Waals surface area (Å²) in [5.74, 6) is 0.427. The van der Waals surface area contributed by atoms with Crippen LogP contribution in [0.2, 0.25) is 0 Å². The molecule has 0 spiro atoms. The maximum absolute atomic E-state index is 13.3. The Morgan fingerprint density at radius 1 is 1.00 bits per heavy atom. The summed E-state index contributed by atoms with van der Waals surface area (Å²) >= 11 is 0. The number of nitrogens with one attached hydrogen (secondary N) is 2. The van der Waals surface area contributed by atoms with E-state index in [-0.39, 0.29) is 18.4 Å². The second-order valence-corrected chi connectivity index (χ2v) is 4.36. The molecule has 21 heavy (non-hydrogen) atoms. The van der Waals surface area contributed by atoms with Crippen LogP contribution in [0.25, 0.3) is 0 Å². The maximum Gasteiger partial charge on any atom is 0.315 e. The number of rotatable bonds is 6.